The summed E-state index contributed by atoms with van der Waals surface area (Å²) in [5.41, 5.74) is 0.0120. The first kappa shape index (κ1) is 13.3. The lowest BCUT2D eigenvalue weighted by Gasteiger charge is -2.25. The van der Waals surface area contributed by atoms with E-state index in [1.807, 2.05) is 11.8 Å². The third-order valence-electron chi connectivity index (χ3n) is 3.82. The molecular formula is C12H15N3O4. The number of non-ortho nitro benzene ring substituents is 1. The van der Waals surface area contributed by atoms with Crippen molar-refractivity contribution in [2.45, 2.75) is 26.3 Å². The van der Waals surface area contributed by atoms with Crippen LogP contribution in [0.25, 0.3) is 0 Å². The average molecular weight is 265 g/mol. The molecule has 1 aromatic rings. The maximum absolute atomic E-state index is 11.1. The Kier molecular flexibility index (Phi) is 3.37. The third-order valence-corrected chi connectivity index (χ3v) is 3.82. The first-order chi connectivity index (χ1) is 8.91. The molecular weight excluding hydrogens is 250 g/mol. The first-order valence-electron chi connectivity index (χ1n) is 6.11. The Morgan fingerprint density at radius 2 is 1.89 bits per heavy atom. The second-order valence-corrected chi connectivity index (χ2v) is 4.89. The number of nitro benzene ring substituents is 2. The molecule has 2 unspecified atom stereocenters. The molecule has 0 amide bonds. The third kappa shape index (κ3) is 2.35. The van der Waals surface area contributed by atoms with Gasteiger partial charge in [0.2, 0.25) is 0 Å². The lowest BCUT2D eigenvalue weighted by Crippen LogP contribution is -2.29. The Balaban J connectivity index is 2.45. The van der Waals surface area contributed by atoms with Gasteiger partial charge in [0.15, 0.2) is 0 Å². The van der Waals surface area contributed by atoms with Gasteiger partial charge >= 0.3 is 0 Å². The van der Waals surface area contributed by atoms with Crippen LogP contribution in [0.3, 0.4) is 0 Å². The van der Waals surface area contributed by atoms with E-state index < -0.39 is 9.85 Å². The van der Waals surface area contributed by atoms with Crippen LogP contribution in [-0.4, -0.2) is 22.4 Å². The zero-order valence-corrected chi connectivity index (χ0v) is 10.8. The molecule has 2 atom stereocenters. The molecule has 0 radical (unpaired) electrons. The Morgan fingerprint density at radius 3 is 2.37 bits per heavy atom. The normalized spacial score (nSPS) is 22.5. The smallest absolute Gasteiger partial charge is 0.299 e. The molecule has 0 aromatic heterocycles. The number of rotatable bonds is 3. The highest BCUT2D eigenvalue weighted by Gasteiger charge is 2.32. The van der Waals surface area contributed by atoms with E-state index in [0.717, 1.165) is 19.0 Å². The SMILES string of the molecule is CC1CCN(c2ccc([N+](=O)[O-])cc2[N+](=O)[O-])C1C. The molecule has 1 aliphatic heterocycles. The molecule has 0 aliphatic carbocycles. The highest BCUT2D eigenvalue weighted by molar-refractivity contribution is 5.67. The average Bonchev–Trinajstić information content (AvgIpc) is 2.69. The number of hydrogen-bond donors (Lipinski definition) is 0. The van der Waals surface area contributed by atoms with E-state index in [9.17, 15) is 20.2 Å². The fourth-order valence-electron chi connectivity index (χ4n) is 2.45. The minimum Gasteiger partial charge on any atom is -0.363 e. The molecule has 7 heteroatoms. The molecule has 1 aromatic carbocycles. The van der Waals surface area contributed by atoms with Crippen molar-refractivity contribution in [1.29, 1.82) is 0 Å². The van der Waals surface area contributed by atoms with Gasteiger partial charge in [-0.25, -0.2) is 0 Å². The maximum atomic E-state index is 11.1. The van der Waals surface area contributed by atoms with Crippen LogP contribution in [0.1, 0.15) is 20.3 Å². The van der Waals surface area contributed by atoms with E-state index in [2.05, 4.69) is 6.92 Å². The van der Waals surface area contributed by atoms with Crippen LogP contribution in [0.15, 0.2) is 18.2 Å². The highest BCUT2D eigenvalue weighted by Crippen LogP contribution is 2.37. The molecule has 7 nitrogen and oxygen atoms in total. The van der Waals surface area contributed by atoms with E-state index in [1.54, 1.807) is 0 Å². The van der Waals surface area contributed by atoms with Crippen molar-refractivity contribution in [2.24, 2.45) is 5.92 Å². The number of nitrogens with zero attached hydrogens (tertiary/aromatic N) is 3. The van der Waals surface area contributed by atoms with Crippen LogP contribution < -0.4 is 4.90 Å². The van der Waals surface area contributed by atoms with Gasteiger partial charge in [-0.05, 0) is 25.3 Å². The lowest BCUT2D eigenvalue weighted by molar-refractivity contribution is -0.393. The van der Waals surface area contributed by atoms with E-state index >= 15 is 0 Å². The van der Waals surface area contributed by atoms with Gasteiger partial charge in [-0.3, -0.25) is 20.2 Å². The maximum Gasteiger partial charge on any atom is 0.299 e. The van der Waals surface area contributed by atoms with Gasteiger partial charge in [0, 0.05) is 18.7 Å². The zero-order chi connectivity index (χ0) is 14.2. The molecule has 2 rings (SSSR count). The van der Waals surface area contributed by atoms with E-state index in [0.29, 0.717) is 11.6 Å². The Bertz CT molecular complexity index is 532. The Labute approximate surface area is 110 Å². The van der Waals surface area contributed by atoms with Gasteiger partial charge < -0.3 is 4.90 Å². The molecule has 1 heterocycles. The van der Waals surface area contributed by atoms with Crippen LogP contribution >= 0.6 is 0 Å². The van der Waals surface area contributed by atoms with Crippen molar-refractivity contribution >= 4 is 17.1 Å². The van der Waals surface area contributed by atoms with Gasteiger partial charge in [-0.15, -0.1) is 0 Å². The largest absolute Gasteiger partial charge is 0.363 e. The van der Waals surface area contributed by atoms with Crippen molar-refractivity contribution < 1.29 is 9.85 Å². The molecule has 0 N–H and O–H groups in total. The van der Waals surface area contributed by atoms with Gasteiger partial charge in [0.1, 0.15) is 5.69 Å². The van der Waals surface area contributed by atoms with E-state index in [4.69, 9.17) is 0 Å². The van der Waals surface area contributed by atoms with Crippen LogP contribution in [0.4, 0.5) is 17.1 Å². The number of hydrogen-bond acceptors (Lipinski definition) is 5. The fraction of sp³-hybridized carbons (Fsp3) is 0.500. The second kappa shape index (κ2) is 4.83. The summed E-state index contributed by atoms with van der Waals surface area (Å²) in [6.45, 7) is 4.85. The summed E-state index contributed by atoms with van der Waals surface area (Å²) < 4.78 is 0. The zero-order valence-electron chi connectivity index (χ0n) is 10.8. The lowest BCUT2D eigenvalue weighted by atomic mass is 10.0. The van der Waals surface area contributed by atoms with E-state index in [-0.39, 0.29) is 17.4 Å². The Hall–Kier alpha value is -2.18. The van der Waals surface area contributed by atoms with Gasteiger partial charge in [0.05, 0.1) is 15.9 Å². The van der Waals surface area contributed by atoms with Crippen molar-refractivity contribution in [3.05, 3.63) is 38.4 Å². The summed E-state index contributed by atoms with van der Waals surface area (Å²) in [4.78, 5) is 22.6. The molecule has 1 fully saturated rings. The molecule has 19 heavy (non-hydrogen) atoms. The summed E-state index contributed by atoms with van der Waals surface area (Å²) in [6, 6.07) is 4.02. The molecule has 0 spiro atoms. The second-order valence-electron chi connectivity index (χ2n) is 4.89. The summed E-state index contributed by atoms with van der Waals surface area (Å²) in [6.07, 6.45) is 0.968. The predicted octanol–water partition coefficient (Wildman–Crippen LogP) is 2.74. The van der Waals surface area contributed by atoms with E-state index in [1.165, 1.54) is 12.1 Å². The summed E-state index contributed by atoms with van der Waals surface area (Å²) >= 11 is 0. The monoisotopic (exact) mass is 265 g/mol. The minimum absolute atomic E-state index is 0.195. The quantitative estimate of drug-likeness (QED) is 0.619. The van der Waals surface area contributed by atoms with Crippen molar-refractivity contribution in [2.75, 3.05) is 11.4 Å². The molecule has 0 bridgehead atoms. The van der Waals surface area contributed by atoms with Crippen LogP contribution in [0.2, 0.25) is 0 Å². The minimum atomic E-state index is -0.618. The molecule has 0 saturated carbocycles. The van der Waals surface area contributed by atoms with Crippen LogP contribution in [0, 0.1) is 26.1 Å². The van der Waals surface area contributed by atoms with Crippen LogP contribution in [0.5, 0.6) is 0 Å². The summed E-state index contributed by atoms with van der Waals surface area (Å²) in [5.74, 6) is 0.454. The van der Waals surface area contributed by atoms with Crippen LogP contribution in [-0.2, 0) is 0 Å². The van der Waals surface area contributed by atoms with Crippen molar-refractivity contribution in [3.63, 3.8) is 0 Å². The number of nitro groups is 2. The van der Waals surface area contributed by atoms with Gasteiger partial charge in [-0.2, -0.15) is 0 Å². The predicted molar refractivity (Wildman–Crippen MR) is 70.3 cm³/mol. The molecule has 1 aliphatic rings. The molecule has 102 valence electrons. The number of benzene rings is 1. The molecule has 1 saturated heterocycles. The summed E-state index contributed by atoms with van der Waals surface area (Å²) in [7, 11) is 0. The van der Waals surface area contributed by atoms with Crippen molar-refractivity contribution in [1.82, 2.24) is 0 Å². The topological polar surface area (TPSA) is 89.5 Å². The number of anilines is 1. The Morgan fingerprint density at radius 1 is 1.21 bits per heavy atom. The standard InChI is InChI=1S/C12H15N3O4/c1-8-5-6-13(9(8)2)11-4-3-10(14(16)17)7-12(11)15(18)19/h3-4,7-9H,5-6H2,1-2H3. The van der Waals surface area contributed by atoms with Gasteiger partial charge in [-0.1, -0.05) is 6.92 Å². The fourth-order valence-corrected chi connectivity index (χ4v) is 2.45. The summed E-state index contributed by atoms with van der Waals surface area (Å²) in [5, 5.41) is 21.8. The first-order valence-corrected chi connectivity index (χ1v) is 6.11. The highest BCUT2D eigenvalue weighted by atomic mass is 16.6. The van der Waals surface area contributed by atoms with Crippen molar-refractivity contribution in [3.8, 4) is 0 Å². The van der Waals surface area contributed by atoms with Gasteiger partial charge in [0.25, 0.3) is 11.4 Å².